The van der Waals surface area contributed by atoms with Gasteiger partial charge in [0.25, 0.3) is 0 Å². The molecule has 9 heteroatoms. The first-order valence-corrected chi connectivity index (χ1v) is 11.7. The molecule has 5 nitrogen and oxygen atoms in total. The van der Waals surface area contributed by atoms with E-state index in [1.807, 2.05) is 59.2 Å². The molecule has 0 fully saturated rings. The van der Waals surface area contributed by atoms with E-state index in [4.69, 9.17) is 23.2 Å². The first-order chi connectivity index (χ1) is 15.0. The molecular weight excluding hydrogens is 519 g/mol. The third-order valence-electron chi connectivity index (χ3n) is 4.26. The minimum absolute atomic E-state index is 0.137. The summed E-state index contributed by atoms with van der Waals surface area (Å²) in [7, 11) is 0. The largest absolute Gasteiger partial charge is 0.325 e. The molecular formula is C22H15BrCl2N4OS. The number of nitrogens with one attached hydrogen (secondary N) is 1. The molecule has 4 rings (SSSR count). The zero-order valence-corrected chi connectivity index (χ0v) is 19.8. The molecule has 0 atom stereocenters. The van der Waals surface area contributed by atoms with Gasteiger partial charge in [-0.3, -0.25) is 9.36 Å². The van der Waals surface area contributed by atoms with Crippen LogP contribution >= 0.6 is 50.9 Å². The minimum Gasteiger partial charge on any atom is -0.325 e. The van der Waals surface area contributed by atoms with Crippen molar-refractivity contribution in [3.63, 3.8) is 0 Å². The zero-order chi connectivity index (χ0) is 21.8. The molecule has 0 saturated heterocycles. The quantitative estimate of drug-likeness (QED) is 0.279. The van der Waals surface area contributed by atoms with Crippen LogP contribution in [0.25, 0.3) is 17.1 Å². The van der Waals surface area contributed by atoms with Gasteiger partial charge in [0.1, 0.15) is 0 Å². The highest BCUT2D eigenvalue weighted by Gasteiger charge is 2.17. The standard InChI is InChI=1S/C22H15BrCl2N4OS/c23-15-4-8-18(9-5-15)26-20(30)13-31-22-28-27-21(14-2-1-3-17(25)12-14)29(22)19-10-6-16(24)7-11-19/h1-12H,13H2,(H,26,30). The molecule has 0 aliphatic rings. The number of rotatable bonds is 6. The van der Waals surface area contributed by atoms with Crippen LogP contribution in [-0.4, -0.2) is 26.4 Å². The Morgan fingerprint density at radius 2 is 1.71 bits per heavy atom. The van der Waals surface area contributed by atoms with Crippen LogP contribution in [0.5, 0.6) is 0 Å². The summed E-state index contributed by atoms with van der Waals surface area (Å²) in [5, 5.41) is 13.4. The fraction of sp³-hybridized carbons (Fsp3) is 0.0455. The summed E-state index contributed by atoms with van der Waals surface area (Å²) in [5.74, 6) is 0.667. The lowest BCUT2D eigenvalue weighted by molar-refractivity contribution is -0.113. The summed E-state index contributed by atoms with van der Waals surface area (Å²) in [6.07, 6.45) is 0. The van der Waals surface area contributed by atoms with Gasteiger partial charge in [0, 0.05) is 31.5 Å². The first-order valence-electron chi connectivity index (χ1n) is 9.15. The van der Waals surface area contributed by atoms with Crippen molar-refractivity contribution >= 4 is 62.5 Å². The van der Waals surface area contributed by atoms with Crippen molar-refractivity contribution in [2.45, 2.75) is 5.16 Å². The van der Waals surface area contributed by atoms with Gasteiger partial charge >= 0.3 is 0 Å². The van der Waals surface area contributed by atoms with E-state index in [1.165, 1.54) is 11.8 Å². The maximum Gasteiger partial charge on any atom is 0.234 e. The summed E-state index contributed by atoms with van der Waals surface area (Å²) < 4.78 is 2.84. The molecule has 1 aromatic heterocycles. The monoisotopic (exact) mass is 532 g/mol. The van der Waals surface area contributed by atoms with Crippen LogP contribution in [0.2, 0.25) is 10.0 Å². The lowest BCUT2D eigenvalue weighted by Gasteiger charge is -2.11. The van der Waals surface area contributed by atoms with E-state index >= 15 is 0 Å². The second-order valence-corrected chi connectivity index (χ2v) is 9.20. The normalized spacial score (nSPS) is 10.8. The minimum atomic E-state index is -0.137. The van der Waals surface area contributed by atoms with Crippen LogP contribution < -0.4 is 5.32 Å². The smallest absolute Gasteiger partial charge is 0.234 e. The van der Waals surface area contributed by atoms with Gasteiger partial charge in [-0.25, -0.2) is 0 Å². The van der Waals surface area contributed by atoms with Crippen molar-refractivity contribution in [3.8, 4) is 17.1 Å². The Labute approximate surface area is 201 Å². The SMILES string of the molecule is O=C(CSc1nnc(-c2cccc(Cl)c2)n1-c1ccc(Cl)cc1)Nc1ccc(Br)cc1. The van der Waals surface area contributed by atoms with Gasteiger partial charge in [0.2, 0.25) is 5.91 Å². The Morgan fingerprint density at radius 3 is 2.42 bits per heavy atom. The van der Waals surface area contributed by atoms with Gasteiger partial charge in [-0.2, -0.15) is 0 Å². The lowest BCUT2D eigenvalue weighted by atomic mass is 10.2. The van der Waals surface area contributed by atoms with Gasteiger partial charge in [-0.15, -0.1) is 10.2 Å². The second kappa shape index (κ2) is 9.87. The fourth-order valence-corrected chi connectivity index (χ4v) is 4.19. The number of aromatic nitrogens is 3. The molecule has 0 aliphatic carbocycles. The second-order valence-electron chi connectivity index (χ2n) is 6.47. The highest BCUT2D eigenvalue weighted by atomic mass is 79.9. The molecule has 1 N–H and O–H groups in total. The molecule has 0 saturated carbocycles. The Bertz CT molecular complexity index is 1210. The molecule has 0 radical (unpaired) electrons. The van der Waals surface area contributed by atoms with Gasteiger partial charge in [-0.1, -0.05) is 63.0 Å². The van der Waals surface area contributed by atoms with Crippen LogP contribution in [0.3, 0.4) is 0 Å². The number of amides is 1. The van der Waals surface area contributed by atoms with Crippen LogP contribution in [-0.2, 0) is 4.79 Å². The van der Waals surface area contributed by atoms with Gasteiger partial charge < -0.3 is 5.32 Å². The summed E-state index contributed by atoms with van der Waals surface area (Å²) >= 11 is 16.9. The maximum atomic E-state index is 12.4. The van der Waals surface area contributed by atoms with Crippen LogP contribution in [0, 0.1) is 0 Å². The molecule has 0 bridgehead atoms. The van der Waals surface area contributed by atoms with Crippen molar-refractivity contribution in [2.75, 3.05) is 11.1 Å². The van der Waals surface area contributed by atoms with Crippen LogP contribution in [0.1, 0.15) is 0 Å². The van der Waals surface area contributed by atoms with Gasteiger partial charge in [0.15, 0.2) is 11.0 Å². The van der Waals surface area contributed by atoms with Crippen molar-refractivity contribution in [1.29, 1.82) is 0 Å². The Balaban J connectivity index is 1.60. The molecule has 156 valence electrons. The van der Waals surface area contributed by atoms with Crippen molar-refractivity contribution in [2.24, 2.45) is 0 Å². The number of benzene rings is 3. The molecule has 1 amide bonds. The highest BCUT2D eigenvalue weighted by Crippen LogP contribution is 2.30. The first kappa shape index (κ1) is 21.9. The van der Waals surface area contributed by atoms with E-state index in [2.05, 4.69) is 31.4 Å². The van der Waals surface area contributed by atoms with Crippen LogP contribution in [0.15, 0.2) is 82.4 Å². The zero-order valence-electron chi connectivity index (χ0n) is 15.9. The molecule has 31 heavy (non-hydrogen) atoms. The molecule has 0 aliphatic heterocycles. The van der Waals surface area contributed by atoms with E-state index in [0.717, 1.165) is 21.4 Å². The predicted octanol–water partition coefficient (Wildman–Crippen LogP) is 6.73. The number of nitrogens with zero attached hydrogens (tertiary/aromatic N) is 3. The number of anilines is 1. The number of hydrogen-bond acceptors (Lipinski definition) is 4. The number of halogens is 3. The van der Waals surface area contributed by atoms with Crippen molar-refractivity contribution in [3.05, 3.63) is 87.3 Å². The number of thioether (sulfide) groups is 1. The topological polar surface area (TPSA) is 59.8 Å². The summed E-state index contributed by atoms with van der Waals surface area (Å²) in [5.41, 5.74) is 2.38. The molecule has 3 aromatic carbocycles. The number of carbonyl (C=O) groups excluding carboxylic acids is 1. The molecule has 0 spiro atoms. The molecule has 1 heterocycles. The predicted molar refractivity (Wildman–Crippen MR) is 130 cm³/mol. The average Bonchev–Trinajstić information content (AvgIpc) is 3.18. The summed E-state index contributed by atoms with van der Waals surface area (Å²) in [6, 6.07) is 22.2. The highest BCUT2D eigenvalue weighted by molar-refractivity contribution is 9.10. The van der Waals surface area contributed by atoms with Gasteiger partial charge in [-0.05, 0) is 60.7 Å². The third kappa shape index (κ3) is 5.49. The van der Waals surface area contributed by atoms with Crippen molar-refractivity contribution in [1.82, 2.24) is 14.8 Å². The van der Waals surface area contributed by atoms with Crippen LogP contribution in [0.4, 0.5) is 5.69 Å². The van der Waals surface area contributed by atoms with E-state index in [0.29, 0.717) is 21.0 Å². The van der Waals surface area contributed by atoms with Crippen molar-refractivity contribution < 1.29 is 4.79 Å². The van der Waals surface area contributed by atoms with Gasteiger partial charge in [0.05, 0.1) is 5.75 Å². The Morgan fingerprint density at radius 1 is 0.968 bits per heavy atom. The number of hydrogen-bond donors (Lipinski definition) is 1. The lowest BCUT2D eigenvalue weighted by Crippen LogP contribution is -2.14. The van der Waals surface area contributed by atoms with E-state index in [-0.39, 0.29) is 11.7 Å². The van der Waals surface area contributed by atoms with E-state index in [1.54, 1.807) is 18.2 Å². The molecule has 0 unspecified atom stereocenters. The van der Waals surface area contributed by atoms with E-state index in [9.17, 15) is 4.79 Å². The Hall–Kier alpha value is -2.32. The third-order valence-corrected chi connectivity index (χ3v) is 6.21. The molecule has 4 aromatic rings. The Kier molecular flexibility index (Phi) is 6.97. The average molecular weight is 534 g/mol. The summed E-state index contributed by atoms with van der Waals surface area (Å²) in [4.78, 5) is 12.4. The summed E-state index contributed by atoms with van der Waals surface area (Å²) in [6.45, 7) is 0. The fourth-order valence-electron chi connectivity index (χ4n) is 2.86. The maximum absolute atomic E-state index is 12.4. The number of carbonyl (C=O) groups is 1. The van der Waals surface area contributed by atoms with E-state index < -0.39 is 0 Å².